The molecular formula is C18H15F3N4S2. The summed E-state index contributed by atoms with van der Waals surface area (Å²) in [5.41, 5.74) is 3.22. The minimum Gasteiger partial charge on any atom is -0.334 e. The Morgan fingerprint density at radius 2 is 2.00 bits per heavy atom. The molecule has 0 fully saturated rings. The largest absolute Gasteiger partial charge is 0.416 e. The van der Waals surface area contributed by atoms with Crippen molar-refractivity contribution >= 4 is 23.6 Å². The number of hydrogen-bond acceptors (Lipinski definition) is 5. The number of nitrogens with zero attached hydrogens (tertiary/aromatic N) is 3. The van der Waals surface area contributed by atoms with Crippen LogP contribution in [0.2, 0.25) is 0 Å². The molecule has 1 aliphatic rings. The Kier molecular flexibility index (Phi) is 4.83. The first kappa shape index (κ1) is 18.3. The van der Waals surface area contributed by atoms with Crippen LogP contribution in [0.1, 0.15) is 22.5 Å². The van der Waals surface area contributed by atoms with Gasteiger partial charge < -0.3 is 4.98 Å². The molecule has 0 aliphatic carbocycles. The van der Waals surface area contributed by atoms with Crippen LogP contribution < -0.4 is 0 Å². The van der Waals surface area contributed by atoms with Gasteiger partial charge in [0, 0.05) is 54.5 Å². The molecule has 2 aromatic heterocycles. The number of aromatic nitrogens is 3. The Labute approximate surface area is 162 Å². The van der Waals surface area contributed by atoms with Crippen LogP contribution in [0.4, 0.5) is 13.2 Å². The number of nitrogens with one attached hydrogen (secondary N) is 1. The van der Waals surface area contributed by atoms with E-state index < -0.39 is 11.7 Å². The van der Waals surface area contributed by atoms with Gasteiger partial charge in [-0.2, -0.15) is 13.2 Å². The Morgan fingerprint density at radius 1 is 1.22 bits per heavy atom. The van der Waals surface area contributed by atoms with E-state index in [2.05, 4.69) is 19.9 Å². The van der Waals surface area contributed by atoms with Gasteiger partial charge in [0.05, 0.1) is 11.3 Å². The van der Waals surface area contributed by atoms with Crippen LogP contribution in [0.15, 0.2) is 35.8 Å². The number of rotatable bonds is 3. The van der Waals surface area contributed by atoms with E-state index in [0.29, 0.717) is 16.9 Å². The van der Waals surface area contributed by atoms with Crippen molar-refractivity contribution in [2.45, 2.75) is 25.7 Å². The molecule has 4 rings (SSSR count). The molecule has 0 radical (unpaired) electrons. The highest BCUT2D eigenvalue weighted by Gasteiger charge is 2.30. The maximum Gasteiger partial charge on any atom is 0.416 e. The van der Waals surface area contributed by atoms with Crippen molar-refractivity contribution in [1.29, 1.82) is 0 Å². The van der Waals surface area contributed by atoms with E-state index in [-0.39, 0.29) is 0 Å². The first-order valence-corrected chi connectivity index (χ1v) is 9.59. The summed E-state index contributed by atoms with van der Waals surface area (Å²) >= 11 is 6.50. The second-order valence-electron chi connectivity index (χ2n) is 6.37. The van der Waals surface area contributed by atoms with Gasteiger partial charge in [-0.15, -0.1) is 11.3 Å². The molecular weight excluding hydrogens is 393 g/mol. The highest BCUT2D eigenvalue weighted by Crippen LogP contribution is 2.32. The normalized spacial score (nSPS) is 14.9. The lowest BCUT2D eigenvalue weighted by molar-refractivity contribution is -0.137. The predicted octanol–water partition coefficient (Wildman–Crippen LogP) is 4.84. The molecule has 0 amide bonds. The van der Waals surface area contributed by atoms with E-state index in [9.17, 15) is 13.2 Å². The number of thiazole rings is 1. The first-order valence-electron chi connectivity index (χ1n) is 8.30. The van der Waals surface area contributed by atoms with Crippen LogP contribution >= 0.6 is 23.6 Å². The second kappa shape index (κ2) is 7.14. The van der Waals surface area contributed by atoms with E-state index in [1.54, 1.807) is 0 Å². The standard InChI is InChI=1S/C18H15F3N4S2/c19-18(20,21)13-3-1-11(2-4-13)16-23-14(10-27-16)9-25-6-5-15-12(8-25)7-22-17(26)24-15/h1-4,7,10H,5-6,8-9H2,(H,22,24,26). The monoisotopic (exact) mass is 408 g/mol. The van der Waals surface area contributed by atoms with Gasteiger partial charge in [-0.3, -0.25) is 4.90 Å². The maximum atomic E-state index is 12.7. The van der Waals surface area contributed by atoms with Crippen LogP contribution in [0.25, 0.3) is 10.6 Å². The van der Waals surface area contributed by atoms with Crippen LogP contribution in [0.3, 0.4) is 0 Å². The molecule has 1 aromatic carbocycles. The minimum atomic E-state index is -4.32. The first-order chi connectivity index (χ1) is 12.9. The van der Waals surface area contributed by atoms with E-state index in [0.717, 1.165) is 53.6 Å². The molecule has 0 atom stereocenters. The fraction of sp³-hybridized carbons (Fsp3) is 0.278. The summed E-state index contributed by atoms with van der Waals surface area (Å²) in [5, 5.41) is 2.68. The van der Waals surface area contributed by atoms with Gasteiger partial charge in [-0.25, -0.2) is 9.97 Å². The zero-order valence-corrected chi connectivity index (χ0v) is 15.7. The molecule has 0 bridgehead atoms. The number of hydrogen-bond donors (Lipinski definition) is 1. The summed E-state index contributed by atoms with van der Waals surface area (Å²) in [7, 11) is 0. The summed E-state index contributed by atoms with van der Waals surface area (Å²) in [6.07, 6.45) is -1.64. The predicted molar refractivity (Wildman–Crippen MR) is 99.8 cm³/mol. The number of aromatic amines is 1. The SMILES string of the molecule is FC(F)(F)c1ccc(-c2nc(CN3CCc4[nH]c(=S)ncc4C3)cs2)cc1. The Hall–Kier alpha value is -2.10. The molecule has 3 heterocycles. The van der Waals surface area contributed by atoms with Gasteiger partial charge >= 0.3 is 6.18 Å². The highest BCUT2D eigenvalue weighted by atomic mass is 32.1. The van der Waals surface area contributed by atoms with Crippen molar-refractivity contribution < 1.29 is 13.2 Å². The Morgan fingerprint density at radius 3 is 2.74 bits per heavy atom. The lowest BCUT2D eigenvalue weighted by Gasteiger charge is -2.27. The molecule has 9 heteroatoms. The fourth-order valence-electron chi connectivity index (χ4n) is 3.08. The second-order valence-corrected chi connectivity index (χ2v) is 7.62. The van der Waals surface area contributed by atoms with Crippen molar-refractivity contribution in [2.75, 3.05) is 6.54 Å². The molecule has 1 N–H and O–H groups in total. The van der Waals surface area contributed by atoms with Crippen molar-refractivity contribution in [1.82, 2.24) is 19.9 Å². The van der Waals surface area contributed by atoms with Crippen LogP contribution in [-0.4, -0.2) is 26.4 Å². The molecule has 0 saturated carbocycles. The summed E-state index contributed by atoms with van der Waals surface area (Å²) in [6.45, 7) is 2.34. The fourth-order valence-corrected chi connectivity index (χ4v) is 4.08. The van der Waals surface area contributed by atoms with Crippen molar-refractivity contribution in [2.24, 2.45) is 0 Å². The van der Waals surface area contributed by atoms with Gasteiger partial charge in [0.25, 0.3) is 0 Å². The van der Waals surface area contributed by atoms with E-state index in [1.807, 2.05) is 11.6 Å². The van der Waals surface area contributed by atoms with Crippen LogP contribution in [0, 0.1) is 4.77 Å². The lowest BCUT2D eigenvalue weighted by Crippen LogP contribution is -2.31. The number of alkyl halides is 3. The average molecular weight is 408 g/mol. The average Bonchev–Trinajstić information content (AvgIpc) is 3.10. The minimum absolute atomic E-state index is 0.503. The molecule has 1 aliphatic heterocycles. The third-order valence-corrected chi connectivity index (χ3v) is 5.60. The third-order valence-electron chi connectivity index (χ3n) is 4.45. The smallest absolute Gasteiger partial charge is 0.334 e. The molecule has 3 aromatic rings. The van der Waals surface area contributed by atoms with Crippen LogP contribution in [-0.2, 0) is 25.7 Å². The molecule has 0 spiro atoms. The summed E-state index contributed by atoms with van der Waals surface area (Å²) in [4.78, 5) is 14.1. The molecule has 4 nitrogen and oxygen atoms in total. The summed E-state index contributed by atoms with van der Waals surface area (Å²) in [5.74, 6) is 0. The van der Waals surface area contributed by atoms with Crippen molar-refractivity contribution in [3.8, 4) is 10.6 Å². The van der Waals surface area contributed by atoms with Crippen molar-refractivity contribution in [3.05, 3.63) is 63.1 Å². The van der Waals surface area contributed by atoms with Gasteiger partial charge in [-0.1, -0.05) is 12.1 Å². The molecule has 27 heavy (non-hydrogen) atoms. The molecule has 140 valence electrons. The highest BCUT2D eigenvalue weighted by molar-refractivity contribution is 7.71. The zero-order valence-electron chi connectivity index (χ0n) is 14.1. The Bertz CT molecular complexity index is 1010. The number of H-pyrrole nitrogens is 1. The van der Waals surface area contributed by atoms with Crippen molar-refractivity contribution in [3.63, 3.8) is 0 Å². The maximum absolute atomic E-state index is 12.7. The Balaban J connectivity index is 1.46. The van der Waals surface area contributed by atoms with Gasteiger partial charge in [0.1, 0.15) is 5.01 Å². The summed E-state index contributed by atoms with van der Waals surface area (Å²) in [6, 6.07) is 5.12. The van der Waals surface area contributed by atoms with E-state index >= 15 is 0 Å². The van der Waals surface area contributed by atoms with E-state index in [1.165, 1.54) is 23.5 Å². The molecule has 0 unspecified atom stereocenters. The molecule has 0 saturated heterocycles. The van der Waals surface area contributed by atoms with Crippen LogP contribution in [0.5, 0.6) is 0 Å². The summed E-state index contributed by atoms with van der Waals surface area (Å²) < 4.78 is 38.6. The number of fused-ring (bicyclic) bond motifs is 1. The number of benzene rings is 1. The zero-order chi connectivity index (χ0) is 19.0. The van der Waals surface area contributed by atoms with Gasteiger partial charge in [0.2, 0.25) is 0 Å². The number of halogens is 3. The van der Waals surface area contributed by atoms with Gasteiger partial charge in [-0.05, 0) is 24.4 Å². The van der Waals surface area contributed by atoms with Gasteiger partial charge in [0.15, 0.2) is 4.77 Å². The third kappa shape index (κ3) is 4.10. The van der Waals surface area contributed by atoms with E-state index in [4.69, 9.17) is 12.2 Å². The topological polar surface area (TPSA) is 44.8 Å². The quantitative estimate of drug-likeness (QED) is 0.630. The lowest BCUT2D eigenvalue weighted by atomic mass is 10.1.